The number of hydrogen-bond donors (Lipinski definition) is 1. The number of likely N-dealkylation sites (tertiary alicyclic amines) is 1. The topological polar surface area (TPSA) is 49.4 Å². The van der Waals surface area contributed by atoms with Crippen LogP contribution in [-0.4, -0.2) is 29.3 Å². The number of benzene rings is 1. The van der Waals surface area contributed by atoms with Crippen molar-refractivity contribution in [3.8, 4) is 0 Å². The van der Waals surface area contributed by atoms with Gasteiger partial charge in [-0.1, -0.05) is 19.1 Å². The van der Waals surface area contributed by atoms with Crippen LogP contribution in [0.15, 0.2) is 24.3 Å². The molecule has 0 bridgehead atoms. The molecule has 4 nitrogen and oxygen atoms in total. The Labute approximate surface area is 125 Å². The summed E-state index contributed by atoms with van der Waals surface area (Å²) in [6, 6.07) is 7.62. The van der Waals surface area contributed by atoms with E-state index < -0.39 is 0 Å². The molecule has 4 heteroatoms. The van der Waals surface area contributed by atoms with Crippen molar-refractivity contribution in [1.29, 1.82) is 0 Å². The first-order valence-electron chi connectivity index (χ1n) is 7.89. The van der Waals surface area contributed by atoms with E-state index in [4.69, 9.17) is 0 Å². The van der Waals surface area contributed by atoms with Crippen molar-refractivity contribution in [3.63, 3.8) is 0 Å². The molecule has 2 amide bonds. The molecule has 1 aromatic rings. The summed E-state index contributed by atoms with van der Waals surface area (Å²) < 4.78 is 0. The molecule has 21 heavy (non-hydrogen) atoms. The van der Waals surface area contributed by atoms with Gasteiger partial charge in [0.1, 0.15) is 6.04 Å². The lowest BCUT2D eigenvalue weighted by atomic mass is 10.1. The second-order valence-electron chi connectivity index (χ2n) is 6.00. The molecule has 1 aliphatic carbocycles. The van der Waals surface area contributed by atoms with Crippen LogP contribution < -0.4 is 5.32 Å². The maximum atomic E-state index is 12.4. The second-order valence-corrected chi connectivity index (χ2v) is 6.00. The summed E-state index contributed by atoms with van der Waals surface area (Å²) >= 11 is 0. The average molecular weight is 286 g/mol. The van der Waals surface area contributed by atoms with E-state index in [1.165, 1.54) is 5.56 Å². The fourth-order valence-corrected chi connectivity index (χ4v) is 2.92. The van der Waals surface area contributed by atoms with Crippen molar-refractivity contribution in [1.82, 2.24) is 4.90 Å². The molecule has 0 radical (unpaired) electrons. The molecule has 0 unspecified atom stereocenters. The predicted molar refractivity (Wildman–Crippen MR) is 81.9 cm³/mol. The fourth-order valence-electron chi connectivity index (χ4n) is 2.92. The molecular weight excluding hydrogens is 264 g/mol. The van der Waals surface area contributed by atoms with Crippen LogP contribution in [0.25, 0.3) is 0 Å². The number of carbonyl (C=O) groups is 2. The van der Waals surface area contributed by atoms with Gasteiger partial charge in [-0.2, -0.15) is 0 Å². The molecule has 1 atom stereocenters. The number of rotatable bonds is 4. The van der Waals surface area contributed by atoms with E-state index in [1.807, 2.05) is 24.3 Å². The molecule has 1 N–H and O–H groups in total. The Balaban J connectivity index is 1.64. The minimum absolute atomic E-state index is 0.0502. The molecule has 1 saturated carbocycles. The summed E-state index contributed by atoms with van der Waals surface area (Å²) in [4.78, 5) is 26.4. The Morgan fingerprint density at radius 3 is 2.52 bits per heavy atom. The quantitative estimate of drug-likeness (QED) is 0.925. The molecule has 2 fully saturated rings. The third kappa shape index (κ3) is 3.09. The summed E-state index contributed by atoms with van der Waals surface area (Å²) in [6.07, 6.45) is 4.66. The minimum Gasteiger partial charge on any atom is -0.330 e. The van der Waals surface area contributed by atoms with Crippen molar-refractivity contribution >= 4 is 17.5 Å². The third-order valence-corrected chi connectivity index (χ3v) is 4.39. The van der Waals surface area contributed by atoms with E-state index in [2.05, 4.69) is 12.2 Å². The van der Waals surface area contributed by atoms with E-state index in [1.54, 1.807) is 4.90 Å². The van der Waals surface area contributed by atoms with Crippen LogP contribution in [0.3, 0.4) is 0 Å². The lowest BCUT2D eigenvalue weighted by Gasteiger charge is -2.24. The van der Waals surface area contributed by atoms with E-state index in [0.29, 0.717) is 0 Å². The summed E-state index contributed by atoms with van der Waals surface area (Å²) in [5, 5.41) is 2.95. The number of anilines is 1. The van der Waals surface area contributed by atoms with Crippen molar-refractivity contribution < 1.29 is 9.59 Å². The summed E-state index contributed by atoms with van der Waals surface area (Å²) in [7, 11) is 0. The number of nitrogens with zero attached hydrogens (tertiary/aromatic N) is 1. The minimum atomic E-state index is -0.288. The zero-order chi connectivity index (χ0) is 14.8. The van der Waals surface area contributed by atoms with E-state index in [-0.39, 0.29) is 23.8 Å². The van der Waals surface area contributed by atoms with Crippen molar-refractivity contribution in [2.45, 2.75) is 45.1 Å². The van der Waals surface area contributed by atoms with Gasteiger partial charge in [0.25, 0.3) is 0 Å². The van der Waals surface area contributed by atoms with Crippen LogP contribution in [0, 0.1) is 5.92 Å². The zero-order valence-corrected chi connectivity index (χ0v) is 12.5. The van der Waals surface area contributed by atoms with Crippen LogP contribution in [-0.2, 0) is 16.0 Å². The highest BCUT2D eigenvalue weighted by Gasteiger charge is 2.40. The molecule has 1 aromatic carbocycles. The second kappa shape index (κ2) is 5.88. The van der Waals surface area contributed by atoms with Crippen LogP contribution >= 0.6 is 0 Å². The normalized spacial score (nSPS) is 21.4. The standard InChI is InChI=1S/C17H22N2O2/c1-2-12-5-9-14(10-6-12)18-16(20)15-4-3-11-19(15)17(21)13-7-8-13/h5-6,9-10,13,15H,2-4,7-8,11H2,1H3,(H,18,20)/t15-/m1/s1. The highest BCUT2D eigenvalue weighted by molar-refractivity contribution is 5.98. The third-order valence-electron chi connectivity index (χ3n) is 4.39. The van der Waals surface area contributed by atoms with Crippen molar-refractivity contribution in [3.05, 3.63) is 29.8 Å². The Hall–Kier alpha value is -1.84. The Morgan fingerprint density at radius 1 is 1.19 bits per heavy atom. The monoisotopic (exact) mass is 286 g/mol. The van der Waals surface area contributed by atoms with Gasteiger partial charge in [0.05, 0.1) is 0 Å². The van der Waals surface area contributed by atoms with E-state index >= 15 is 0 Å². The molecule has 0 aromatic heterocycles. The highest BCUT2D eigenvalue weighted by atomic mass is 16.2. The molecule has 1 saturated heterocycles. The van der Waals surface area contributed by atoms with Gasteiger partial charge in [-0.3, -0.25) is 9.59 Å². The lowest BCUT2D eigenvalue weighted by molar-refractivity contribution is -0.137. The Morgan fingerprint density at radius 2 is 1.90 bits per heavy atom. The Kier molecular flexibility index (Phi) is 3.95. The zero-order valence-electron chi connectivity index (χ0n) is 12.5. The first-order chi connectivity index (χ1) is 10.2. The summed E-state index contributed by atoms with van der Waals surface area (Å²) in [5.74, 6) is 0.307. The van der Waals surface area contributed by atoms with E-state index in [0.717, 1.165) is 44.3 Å². The lowest BCUT2D eigenvalue weighted by Crippen LogP contribution is -2.43. The number of carbonyl (C=O) groups excluding carboxylic acids is 2. The van der Waals surface area contributed by atoms with Crippen LogP contribution in [0.4, 0.5) is 5.69 Å². The molecule has 3 rings (SSSR count). The van der Waals surface area contributed by atoms with Gasteiger partial charge >= 0.3 is 0 Å². The summed E-state index contributed by atoms with van der Waals surface area (Å²) in [5.41, 5.74) is 2.06. The number of hydrogen-bond acceptors (Lipinski definition) is 2. The van der Waals surface area contributed by atoms with Gasteiger partial charge in [-0.05, 0) is 49.8 Å². The fraction of sp³-hybridized carbons (Fsp3) is 0.529. The smallest absolute Gasteiger partial charge is 0.247 e. The first kappa shape index (κ1) is 14.1. The summed E-state index contributed by atoms with van der Waals surface area (Å²) in [6.45, 7) is 2.83. The van der Waals surface area contributed by atoms with Gasteiger partial charge < -0.3 is 10.2 Å². The number of amides is 2. The maximum absolute atomic E-state index is 12.4. The highest BCUT2D eigenvalue weighted by Crippen LogP contribution is 2.33. The van der Waals surface area contributed by atoms with E-state index in [9.17, 15) is 9.59 Å². The van der Waals surface area contributed by atoms with Crippen molar-refractivity contribution in [2.24, 2.45) is 5.92 Å². The van der Waals surface area contributed by atoms with Crippen LogP contribution in [0.1, 0.15) is 38.2 Å². The SMILES string of the molecule is CCc1ccc(NC(=O)[C@H]2CCCN2C(=O)C2CC2)cc1. The molecular formula is C17H22N2O2. The van der Waals surface area contributed by atoms with Crippen molar-refractivity contribution in [2.75, 3.05) is 11.9 Å². The predicted octanol–water partition coefficient (Wildman–Crippen LogP) is 2.59. The molecule has 2 aliphatic rings. The maximum Gasteiger partial charge on any atom is 0.247 e. The van der Waals surface area contributed by atoms with Gasteiger partial charge in [0.15, 0.2) is 0 Å². The largest absolute Gasteiger partial charge is 0.330 e. The van der Waals surface area contributed by atoms with Gasteiger partial charge in [-0.25, -0.2) is 0 Å². The number of nitrogens with one attached hydrogen (secondary N) is 1. The molecule has 1 heterocycles. The molecule has 1 aliphatic heterocycles. The molecule has 112 valence electrons. The van der Waals surface area contributed by atoms with Crippen LogP contribution in [0.5, 0.6) is 0 Å². The average Bonchev–Trinajstić information content (AvgIpc) is 3.23. The van der Waals surface area contributed by atoms with Gasteiger partial charge in [0.2, 0.25) is 11.8 Å². The Bertz CT molecular complexity index is 534. The van der Waals surface area contributed by atoms with Gasteiger partial charge in [-0.15, -0.1) is 0 Å². The number of aryl methyl sites for hydroxylation is 1. The van der Waals surface area contributed by atoms with Gasteiger partial charge in [0, 0.05) is 18.2 Å². The first-order valence-corrected chi connectivity index (χ1v) is 7.89. The molecule has 0 spiro atoms. The van der Waals surface area contributed by atoms with Crippen LogP contribution in [0.2, 0.25) is 0 Å².